The van der Waals surface area contributed by atoms with Crippen molar-refractivity contribution in [1.29, 1.82) is 0 Å². The molecule has 2 heterocycles. The van der Waals surface area contributed by atoms with Gasteiger partial charge >= 0.3 is 6.03 Å². The number of piperidine rings is 1. The molecule has 32 heavy (non-hydrogen) atoms. The zero-order valence-corrected chi connectivity index (χ0v) is 17.8. The molecule has 3 aromatic rings. The number of amides is 2. The second-order valence-corrected chi connectivity index (χ2v) is 7.81. The minimum Gasteiger partial charge on any atom is -0.495 e. The molecule has 1 N–H and O–H groups in total. The number of rotatable bonds is 5. The molecule has 7 nitrogen and oxygen atoms in total. The van der Waals surface area contributed by atoms with Crippen LogP contribution in [0.15, 0.2) is 65.5 Å². The molecule has 8 heteroatoms. The molecule has 0 unspecified atom stereocenters. The van der Waals surface area contributed by atoms with E-state index >= 15 is 0 Å². The summed E-state index contributed by atoms with van der Waals surface area (Å²) < 4.78 is 19.9. The van der Waals surface area contributed by atoms with Gasteiger partial charge in [0.25, 0.3) is 5.56 Å². The molecule has 1 aliphatic heterocycles. The average Bonchev–Trinajstić information content (AvgIpc) is 2.82. The van der Waals surface area contributed by atoms with E-state index in [1.807, 2.05) is 12.1 Å². The predicted octanol–water partition coefficient (Wildman–Crippen LogP) is 4.00. The van der Waals surface area contributed by atoms with E-state index in [9.17, 15) is 14.0 Å². The second kappa shape index (κ2) is 9.64. The van der Waals surface area contributed by atoms with Crippen molar-refractivity contribution in [2.45, 2.75) is 19.4 Å². The molecular weight excluding hydrogens is 411 g/mol. The first-order chi connectivity index (χ1) is 15.5. The summed E-state index contributed by atoms with van der Waals surface area (Å²) in [6, 6.07) is 16.3. The van der Waals surface area contributed by atoms with Crippen LogP contribution >= 0.6 is 0 Å². The Labute approximate surface area is 185 Å². The summed E-state index contributed by atoms with van der Waals surface area (Å²) in [5.41, 5.74) is 1.84. The molecule has 0 saturated carbocycles. The monoisotopic (exact) mass is 436 g/mol. The summed E-state index contributed by atoms with van der Waals surface area (Å²) in [5, 5.41) is 7.37. The molecule has 0 aliphatic carbocycles. The van der Waals surface area contributed by atoms with E-state index in [4.69, 9.17) is 4.74 Å². The van der Waals surface area contributed by atoms with E-state index in [2.05, 4.69) is 10.4 Å². The Morgan fingerprint density at radius 2 is 1.81 bits per heavy atom. The number of likely N-dealkylation sites (tertiary alicyclic amines) is 1. The Hall–Kier alpha value is -3.68. The number of methoxy groups -OCH3 is 1. The van der Waals surface area contributed by atoms with Crippen molar-refractivity contribution in [3.63, 3.8) is 0 Å². The highest BCUT2D eigenvalue weighted by Crippen LogP contribution is 2.25. The fraction of sp³-hybridized carbons (Fsp3) is 0.292. The highest BCUT2D eigenvalue weighted by atomic mass is 19.1. The van der Waals surface area contributed by atoms with Crippen LogP contribution in [0.5, 0.6) is 5.75 Å². The Morgan fingerprint density at radius 3 is 2.53 bits per heavy atom. The molecule has 2 amide bonds. The highest BCUT2D eigenvalue weighted by molar-refractivity contribution is 5.91. The lowest BCUT2D eigenvalue weighted by molar-refractivity contribution is 0.174. The first-order valence-electron chi connectivity index (χ1n) is 10.6. The number of urea groups is 1. The van der Waals surface area contributed by atoms with Gasteiger partial charge in [0.15, 0.2) is 0 Å². The van der Waals surface area contributed by atoms with Crippen LogP contribution in [0.4, 0.5) is 14.9 Å². The first kappa shape index (κ1) is 21.5. The maximum atomic E-state index is 13.2. The number of aromatic nitrogens is 2. The molecule has 0 atom stereocenters. The predicted molar refractivity (Wildman–Crippen MR) is 120 cm³/mol. The number of nitrogens with zero attached hydrogens (tertiary/aromatic N) is 3. The summed E-state index contributed by atoms with van der Waals surface area (Å²) in [6.07, 6.45) is 1.54. The lowest BCUT2D eigenvalue weighted by Gasteiger charge is -2.32. The minimum atomic E-state index is -0.316. The standard InChI is InChI=1S/C24H25FN4O3/c1-32-22-5-3-2-4-21(22)26-24(31)28-14-12-17(13-15-28)16-29-23(30)11-10-20(27-29)18-6-8-19(25)9-7-18/h2-11,17H,12-16H2,1H3,(H,26,31). The van der Waals surface area contributed by atoms with E-state index in [1.54, 1.807) is 42.3 Å². The number of carbonyl (C=O) groups excluding carboxylic acids is 1. The fourth-order valence-corrected chi connectivity index (χ4v) is 3.86. The van der Waals surface area contributed by atoms with E-state index in [1.165, 1.54) is 22.9 Å². The summed E-state index contributed by atoms with van der Waals surface area (Å²) in [4.78, 5) is 26.7. The average molecular weight is 436 g/mol. The molecule has 2 aromatic carbocycles. The topological polar surface area (TPSA) is 76.5 Å². The summed E-state index contributed by atoms with van der Waals surface area (Å²) >= 11 is 0. The van der Waals surface area contributed by atoms with E-state index in [-0.39, 0.29) is 23.3 Å². The van der Waals surface area contributed by atoms with Gasteiger partial charge in [-0.25, -0.2) is 13.9 Å². The second-order valence-electron chi connectivity index (χ2n) is 7.81. The molecule has 0 radical (unpaired) electrons. The smallest absolute Gasteiger partial charge is 0.321 e. The minimum absolute atomic E-state index is 0.165. The van der Waals surface area contributed by atoms with Crippen molar-refractivity contribution in [3.05, 3.63) is 76.8 Å². The number of benzene rings is 2. The van der Waals surface area contributed by atoms with Crippen molar-refractivity contribution < 1.29 is 13.9 Å². The zero-order valence-electron chi connectivity index (χ0n) is 17.8. The Balaban J connectivity index is 1.37. The quantitative estimate of drug-likeness (QED) is 0.656. The van der Waals surface area contributed by atoms with Crippen molar-refractivity contribution in [1.82, 2.24) is 14.7 Å². The van der Waals surface area contributed by atoms with Crippen LogP contribution in [0.3, 0.4) is 0 Å². The molecule has 1 fully saturated rings. The number of para-hydroxylation sites is 2. The lowest BCUT2D eigenvalue weighted by Crippen LogP contribution is -2.42. The molecule has 0 spiro atoms. The van der Waals surface area contributed by atoms with Gasteiger partial charge in [-0.3, -0.25) is 4.79 Å². The van der Waals surface area contributed by atoms with Gasteiger partial charge < -0.3 is 15.0 Å². The van der Waals surface area contributed by atoms with E-state index < -0.39 is 0 Å². The summed E-state index contributed by atoms with van der Waals surface area (Å²) in [7, 11) is 1.57. The van der Waals surface area contributed by atoms with Gasteiger partial charge in [-0.2, -0.15) is 5.10 Å². The maximum Gasteiger partial charge on any atom is 0.321 e. The normalized spacial score (nSPS) is 14.2. The summed E-state index contributed by atoms with van der Waals surface area (Å²) in [5.74, 6) is 0.532. The molecule has 1 aliphatic rings. The highest BCUT2D eigenvalue weighted by Gasteiger charge is 2.24. The number of anilines is 1. The van der Waals surface area contributed by atoms with Crippen molar-refractivity contribution in [2.75, 3.05) is 25.5 Å². The fourth-order valence-electron chi connectivity index (χ4n) is 3.86. The van der Waals surface area contributed by atoms with Crippen LogP contribution in [0, 0.1) is 11.7 Å². The van der Waals surface area contributed by atoms with Gasteiger partial charge in [0, 0.05) is 31.3 Å². The van der Waals surface area contributed by atoms with Gasteiger partial charge in [0.05, 0.1) is 18.5 Å². The van der Waals surface area contributed by atoms with Gasteiger partial charge in [0.2, 0.25) is 0 Å². The van der Waals surface area contributed by atoms with Crippen molar-refractivity contribution in [3.8, 4) is 17.0 Å². The zero-order chi connectivity index (χ0) is 22.5. The largest absolute Gasteiger partial charge is 0.495 e. The molecule has 1 aromatic heterocycles. The molecule has 1 saturated heterocycles. The third kappa shape index (κ3) is 4.96. The number of hydrogen-bond donors (Lipinski definition) is 1. The third-order valence-electron chi connectivity index (χ3n) is 5.69. The number of hydrogen-bond acceptors (Lipinski definition) is 4. The Bertz CT molecular complexity index is 1140. The molecule has 166 valence electrons. The van der Waals surface area contributed by atoms with Crippen molar-refractivity contribution in [2.24, 2.45) is 5.92 Å². The van der Waals surface area contributed by atoms with Crippen LogP contribution in [0.25, 0.3) is 11.3 Å². The third-order valence-corrected chi connectivity index (χ3v) is 5.69. The number of carbonyl (C=O) groups is 1. The number of nitrogens with one attached hydrogen (secondary N) is 1. The van der Waals surface area contributed by atoms with Gasteiger partial charge in [0.1, 0.15) is 11.6 Å². The van der Waals surface area contributed by atoms with Gasteiger partial charge in [-0.1, -0.05) is 12.1 Å². The van der Waals surface area contributed by atoms with Crippen LogP contribution in [0.1, 0.15) is 12.8 Å². The van der Waals surface area contributed by atoms with Gasteiger partial charge in [-0.05, 0) is 61.2 Å². The van der Waals surface area contributed by atoms with E-state index in [0.717, 1.165) is 18.4 Å². The maximum absolute atomic E-state index is 13.2. The van der Waals surface area contributed by atoms with Crippen molar-refractivity contribution >= 4 is 11.7 Å². The summed E-state index contributed by atoms with van der Waals surface area (Å²) in [6.45, 7) is 1.67. The number of halogens is 1. The first-order valence-corrected chi connectivity index (χ1v) is 10.6. The molecule has 0 bridgehead atoms. The van der Waals surface area contributed by atoms with Crippen LogP contribution in [-0.4, -0.2) is 40.9 Å². The van der Waals surface area contributed by atoms with Crippen LogP contribution in [-0.2, 0) is 6.54 Å². The Kier molecular flexibility index (Phi) is 6.49. The Morgan fingerprint density at radius 1 is 1.09 bits per heavy atom. The van der Waals surface area contributed by atoms with Gasteiger partial charge in [-0.15, -0.1) is 0 Å². The lowest BCUT2D eigenvalue weighted by atomic mass is 9.97. The molecular formula is C24H25FN4O3. The number of ether oxygens (including phenoxy) is 1. The SMILES string of the molecule is COc1ccccc1NC(=O)N1CCC(Cn2nc(-c3ccc(F)cc3)ccc2=O)CC1. The van der Waals surface area contributed by atoms with Crippen LogP contribution < -0.4 is 15.6 Å². The molecule has 4 rings (SSSR count). The van der Waals surface area contributed by atoms with E-state index in [0.29, 0.717) is 36.8 Å². The van der Waals surface area contributed by atoms with Crippen LogP contribution in [0.2, 0.25) is 0 Å².